The second kappa shape index (κ2) is 9.74. The molecule has 168 valence electrons. The number of hydrogen-bond donors (Lipinski definition) is 3. The van der Waals surface area contributed by atoms with Gasteiger partial charge in [-0.15, -0.1) is 0 Å². The molecule has 2 unspecified atom stereocenters. The Bertz CT molecular complexity index is 1010. The Morgan fingerprint density at radius 2 is 1.94 bits per heavy atom. The normalized spacial score (nSPS) is 19.9. The van der Waals surface area contributed by atoms with Crippen LogP contribution in [-0.2, 0) is 17.2 Å². The number of hydrogen-bond acceptors (Lipinski definition) is 5. The highest BCUT2D eigenvalue weighted by Gasteiger charge is 2.38. The number of alkyl halides is 3. The summed E-state index contributed by atoms with van der Waals surface area (Å²) in [6.45, 7) is 1.37. The van der Waals surface area contributed by atoms with Crippen LogP contribution in [0.2, 0.25) is 0 Å². The van der Waals surface area contributed by atoms with Crippen LogP contribution in [0, 0.1) is 24.1 Å². The maximum Gasteiger partial charge on any atom is 0.416 e. The number of aliphatic hydroxyl groups is 2. The molecule has 0 aromatic heterocycles. The van der Waals surface area contributed by atoms with Crippen molar-refractivity contribution in [3.05, 3.63) is 58.9 Å². The molecule has 2 aromatic rings. The Balaban J connectivity index is 0.000000285. The molecule has 0 aliphatic carbocycles. The lowest BCUT2D eigenvalue weighted by Crippen LogP contribution is -2.37. The number of phenols is 1. The van der Waals surface area contributed by atoms with Crippen molar-refractivity contribution in [2.45, 2.75) is 30.0 Å². The maximum absolute atomic E-state index is 12.6. The highest BCUT2D eigenvalue weighted by Crippen LogP contribution is 2.32. The summed E-state index contributed by atoms with van der Waals surface area (Å²) in [7, 11) is -1.66. The monoisotopic (exact) mass is 460 g/mol. The lowest BCUT2D eigenvalue weighted by molar-refractivity contribution is -0.137. The standard InChI is InChI=1S/C13H16F3NO3S.C7H4FNO/c1-9-6-10(13(14,15)16)2-3-11(9)21(20)17-5-4-12(19,7-17)8-18;8-7-3-6(10)2-1-5(7)4-9/h2-3,6,18-19H,4-5,7-8H2,1H3;1-3,10H. The first kappa shape index (κ1) is 24.7. The summed E-state index contributed by atoms with van der Waals surface area (Å²) in [6, 6.07) is 8.09. The number of nitrogens with zero attached hydrogens (tertiary/aromatic N) is 2. The fraction of sp³-hybridized carbons (Fsp3) is 0.350. The van der Waals surface area contributed by atoms with Gasteiger partial charge in [-0.1, -0.05) is 0 Å². The number of halogens is 4. The van der Waals surface area contributed by atoms with Crippen LogP contribution >= 0.6 is 0 Å². The summed E-state index contributed by atoms with van der Waals surface area (Å²) in [5, 5.41) is 35.9. The molecule has 11 heteroatoms. The Morgan fingerprint density at radius 3 is 2.42 bits per heavy atom. The molecule has 3 rings (SSSR count). The number of benzene rings is 2. The minimum atomic E-state index is -4.43. The first-order valence-corrected chi connectivity index (χ1v) is 10.1. The van der Waals surface area contributed by atoms with Crippen LogP contribution in [0.15, 0.2) is 41.3 Å². The predicted octanol–water partition coefficient (Wildman–Crippen LogP) is 2.87. The van der Waals surface area contributed by atoms with E-state index < -0.39 is 40.8 Å². The van der Waals surface area contributed by atoms with Gasteiger partial charge in [-0.2, -0.15) is 18.4 Å². The van der Waals surface area contributed by atoms with Gasteiger partial charge in [-0.25, -0.2) is 12.9 Å². The topological polar surface area (TPSA) is 105 Å². The molecule has 31 heavy (non-hydrogen) atoms. The molecule has 2 atom stereocenters. The van der Waals surface area contributed by atoms with Crippen molar-refractivity contribution in [2.75, 3.05) is 19.7 Å². The second-order valence-electron chi connectivity index (χ2n) is 7.00. The van der Waals surface area contributed by atoms with E-state index in [9.17, 15) is 26.9 Å². The van der Waals surface area contributed by atoms with E-state index in [1.807, 2.05) is 0 Å². The molecule has 1 heterocycles. The summed E-state index contributed by atoms with van der Waals surface area (Å²) in [6.07, 6.45) is -4.16. The van der Waals surface area contributed by atoms with Crippen molar-refractivity contribution in [1.29, 1.82) is 5.26 Å². The van der Waals surface area contributed by atoms with E-state index in [1.165, 1.54) is 29.4 Å². The summed E-state index contributed by atoms with van der Waals surface area (Å²) >= 11 is 0. The summed E-state index contributed by atoms with van der Waals surface area (Å²) < 4.78 is 64.1. The number of rotatable bonds is 3. The van der Waals surface area contributed by atoms with E-state index in [0.29, 0.717) is 6.54 Å². The summed E-state index contributed by atoms with van der Waals surface area (Å²) in [5.74, 6) is -0.862. The fourth-order valence-electron chi connectivity index (χ4n) is 2.85. The van der Waals surface area contributed by atoms with Crippen molar-refractivity contribution in [2.24, 2.45) is 0 Å². The quantitative estimate of drug-likeness (QED) is 0.611. The molecule has 0 bridgehead atoms. The molecule has 0 spiro atoms. The first-order valence-electron chi connectivity index (χ1n) is 8.97. The summed E-state index contributed by atoms with van der Waals surface area (Å²) in [5.41, 5.74) is -1.86. The van der Waals surface area contributed by atoms with E-state index in [-0.39, 0.29) is 34.7 Å². The van der Waals surface area contributed by atoms with E-state index in [4.69, 9.17) is 15.5 Å². The van der Waals surface area contributed by atoms with E-state index in [2.05, 4.69) is 0 Å². The van der Waals surface area contributed by atoms with Gasteiger partial charge in [0.2, 0.25) is 0 Å². The van der Waals surface area contributed by atoms with Gasteiger partial charge in [-0.3, -0.25) is 0 Å². The van der Waals surface area contributed by atoms with Crippen molar-refractivity contribution in [1.82, 2.24) is 4.31 Å². The van der Waals surface area contributed by atoms with Gasteiger partial charge in [0, 0.05) is 19.2 Å². The number of β-amino-alcohol motifs (C(OH)–C–C–N with tert-alkyl or cyclic N) is 1. The molecular formula is C20H20F4N2O4S. The SMILES string of the molecule is Cc1cc(C(F)(F)F)ccc1S(=O)N1CCC(O)(CO)C1.N#Cc1ccc(O)cc1F. The van der Waals surface area contributed by atoms with Gasteiger partial charge >= 0.3 is 6.18 Å². The van der Waals surface area contributed by atoms with Crippen LogP contribution in [0.3, 0.4) is 0 Å². The highest BCUT2D eigenvalue weighted by atomic mass is 32.2. The third kappa shape index (κ3) is 6.24. The van der Waals surface area contributed by atoms with Crippen LogP contribution in [0.1, 0.15) is 23.1 Å². The highest BCUT2D eigenvalue weighted by molar-refractivity contribution is 7.82. The number of aliphatic hydroxyl groups excluding tert-OH is 1. The second-order valence-corrected chi connectivity index (χ2v) is 8.45. The van der Waals surface area contributed by atoms with Crippen LogP contribution in [0.25, 0.3) is 0 Å². The number of aromatic hydroxyl groups is 1. The molecule has 3 N–H and O–H groups in total. The largest absolute Gasteiger partial charge is 0.508 e. The van der Waals surface area contributed by atoms with Crippen LogP contribution in [-0.4, -0.2) is 49.1 Å². The number of phenolic OH excluding ortho intramolecular Hbond substituents is 1. The first-order chi connectivity index (χ1) is 14.4. The molecule has 6 nitrogen and oxygen atoms in total. The Kier molecular flexibility index (Phi) is 7.77. The number of nitriles is 1. The molecule has 2 aromatic carbocycles. The molecule has 1 aliphatic heterocycles. The zero-order valence-corrected chi connectivity index (χ0v) is 17.2. The lowest BCUT2D eigenvalue weighted by Gasteiger charge is -2.21. The molecule has 1 saturated heterocycles. The van der Waals surface area contributed by atoms with Gasteiger partial charge < -0.3 is 15.3 Å². The molecular weight excluding hydrogens is 440 g/mol. The van der Waals surface area contributed by atoms with E-state index in [1.54, 1.807) is 6.07 Å². The van der Waals surface area contributed by atoms with Crippen LogP contribution < -0.4 is 0 Å². The molecule has 0 amide bonds. The third-order valence-electron chi connectivity index (χ3n) is 4.59. The Morgan fingerprint density at radius 1 is 1.26 bits per heavy atom. The van der Waals surface area contributed by atoms with E-state index in [0.717, 1.165) is 18.2 Å². The average Bonchev–Trinajstić information content (AvgIpc) is 3.10. The predicted molar refractivity (Wildman–Crippen MR) is 104 cm³/mol. The Hall–Kier alpha value is -2.52. The van der Waals surface area contributed by atoms with Gasteiger partial charge in [0.15, 0.2) is 0 Å². The zero-order chi connectivity index (χ0) is 23.4. The molecule has 0 radical (unpaired) electrons. The minimum absolute atomic E-state index is 0.0244. The molecule has 1 aliphatic rings. The van der Waals surface area contributed by atoms with Gasteiger partial charge in [0.1, 0.15) is 34.2 Å². The summed E-state index contributed by atoms with van der Waals surface area (Å²) in [4.78, 5) is 0.283. The number of aryl methyl sites for hydroxylation is 1. The fourth-order valence-corrected chi connectivity index (χ4v) is 4.26. The van der Waals surface area contributed by atoms with Crippen LogP contribution in [0.4, 0.5) is 17.6 Å². The zero-order valence-electron chi connectivity index (χ0n) is 16.4. The lowest BCUT2D eigenvalue weighted by atomic mass is 10.1. The van der Waals surface area contributed by atoms with Crippen molar-refractivity contribution >= 4 is 11.0 Å². The smallest absolute Gasteiger partial charge is 0.416 e. The van der Waals surface area contributed by atoms with Gasteiger partial charge in [0.25, 0.3) is 0 Å². The Labute approximate surface area is 178 Å². The maximum atomic E-state index is 12.6. The van der Waals surface area contributed by atoms with E-state index >= 15 is 0 Å². The molecule has 1 fully saturated rings. The van der Waals surface area contributed by atoms with Crippen LogP contribution in [0.5, 0.6) is 5.75 Å². The van der Waals surface area contributed by atoms with Crippen molar-refractivity contribution in [3.8, 4) is 11.8 Å². The van der Waals surface area contributed by atoms with Gasteiger partial charge in [-0.05, 0) is 49.2 Å². The average molecular weight is 460 g/mol. The third-order valence-corrected chi connectivity index (χ3v) is 6.20. The minimum Gasteiger partial charge on any atom is -0.508 e. The van der Waals surface area contributed by atoms with Crippen molar-refractivity contribution in [3.63, 3.8) is 0 Å². The van der Waals surface area contributed by atoms with Gasteiger partial charge in [0.05, 0.1) is 22.6 Å². The molecule has 0 saturated carbocycles. The van der Waals surface area contributed by atoms with Crippen molar-refractivity contribution < 1.29 is 37.1 Å².